The molecule has 2 heterocycles. The van der Waals surface area contributed by atoms with Gasteiger partial charge in [0.1, 0.15) is 47.7 Å². The van der Waals surface area contributed by atoms with E-state index in [4.69, 9.17) is 18.9 Å². The van der Waals surface area contributed by atoms with Crippen LogP contribution in [0.1, 0.15) is 29.0 Å². The molecule has 204 valence electrons. The number of hydrogen-bond donors (Lipinski definition) is 4. The Morgan fingerprint density at radius 1 is 1.05 bits per heavy atom. The maximum Gasteiger partial charge on any atom is 0.328 e. The van der Waals surface area contributed by atoms with Crippen LogP contribution >= 0.6 is 0 Å². The van der Waals surface area contributed by atoms with E-state index in [0.717, 1.165) is 5.56 Å². The molecule has 38 heavy (non-hydrogen) atoms. The van der Waals surface area contributed by atoms with Crippen LogP contribution in [-0.4, -0.2) is 86.6 Å². The summed E-state index contributed by atoms with van der Waals surface area (Å²) in [7, 11) is 2.96. The molecule has 0 saturated carbocycles. The van der Waals surface area contributed by atoms with Crippen molar-refractivity contribution in [1.29, 1.82) is 0 Å². The molecule has 3 aromatic rings. The maximum absolute atomic E-state index is 11.8. The maximum atomic E-state index is 11.8. The fraction of sp³-hybridized carbons (Fsp3) is 0.423. The van der Waals surface area contributed by atoms with Crippen molar-refractivity contribution in [3.05, 3.63) is 71.5 Å². The van der Waals surface area contributed by atoms with Gasteiger partial charge in [0.15, 0.2) is 6.04 Å². The van der Waals surface area contributed by atoms with Crippen LogP contribution in [-0.2, 0) is 27.3 Å². The van der Waals surface area contributed by atoms with E-state index >= 15 is 0 Å². The molecule has 2 aromatic carbocycles. The van der Waals surface area contributed by atoms with Crippen LogP contribution in [0, 0.1) is 0 Å². The van der Waals surface area contributed by atoms with Crippen LogP contribution in [0.2, 0.25) is 0 Å². The molecular weight excluding hydrogens is 498 g/mol. The minimum atomic E-state index is -1.51. The van der Waals surface area contributed by atoms with E-state index in [2.05, 4.69) is 10.3 Å². The van der Waals surface area contributed by atoms with E-state index in [1.807, 2.05) is 30.3 Å². The summed E-state index contributed by atoms with van der Waals surface area (Å²) in [6.07, 6.45) is -4.65. The second kappa shape index (κ2) is 12.3. The average molecular weight is 530 g/mol. The van der Waals surface area contributed by atoms with Gasteiger partial charge in [-0.05, 0) is 23.8 Å². The number of carbonyl (C=O) groups is 1. The third-order valence-electron chi connectivity index (χ3n) is 6.42. The number of ether oxygens (including phenoxy) is 4. The highest BCUT2D eigenvalue weighted by Gasteiger charge is 2.45. The first-order chi connectivity index (χ1) is 18.3. The second-order valence-corrected chi connectivity index (χ2v) is 8.92. The third kappa shape index (κ3) is 6.11. The highest BCUT2D eigenvalue weighted by Crippen LogP contribution is 2.38. The van der Waals surface area contributed by atoms with Gasteiger partial charge in [0.25, 0.3) is 0 Å². The average Bonchev–Trinajstić information content (AvgIpc) is 3.40. The first-order valence-electron chi connectivity index (χ1n) is 12.0. The Kier molecular flexibility index (Phi) is 8.92. The second-order valence-electron chi connectivity index (χ2n) is 8.92. The Bertz CT molecular complexity index is 1210. The Balaban J connectivity index is 1.41. The van der Waals surface area contributed by atoms with Crippen molar-refractivity contribution in [1.82, 2.24) is 15.0 Å². The topological polar surface area (TPSA) is 166 Å². The predicted octanol–water partition coefficient (Wildman–Crippen LogP) is 0.903. The van der Waals surface area contributed by atoms with E-state index in [0.29, 0.717) is 22.8 Å². The molecule has 1 aliphatic rings. The monoisotopic (exact) mass is 529 g/mol. The van der Waals surface area contributed by atoms with E-state index < -0.39 is 42.5 Å². The molecule has 0 bridgehead atoms. The molecule has 0 spiro atoms. The van der Waals surface area contributed by atoms with Crippen LogP contribution in [0.4, 0.5) is 0 Å². The van der Waals surface area contributed by atoms with Crippen molar-refractivity contribution < 1.29 is 44.2 Å². The molecule has 0 amide bonds. The van der Waals surface area contributed by atoms with Crippen LogP contribution in [0.5, 0.6) is 11.5 Å². The van der Waals surface area contributed by atoms with Crippen molar-refractivity contribution in [3.8, 4) is 11.5 Å². The molecule has 4 N–H and O–H groups in total. The van der Waals surface area contributed by atoms with Gasteiger partial charge in [-0.2, -0.15) is 0 Å². The van der Waals surface area contributed by atoms with Gasteiger partial charge in [-0.3, -0.25) is 0 Å². The van der Waals surface area contributed by atoms with Crippen molar-refractivity contribution in [2.24, 2.45) is 0 Å². The zero-order valence-electron chi connectivity index (χ0n) is 21.0. The van der Waals surface area contributed by atoms with Gasteiger partial charge in [-0.15, -0.1) is 5.10 Å². The minimum absolute atomic E-state index is 0.0456. The Labute approximate surface area is 219 Å². The van der Waals surface area contributed by atoms with Gasteiger partial charge in [0.2, 0.25) is 0 Å². The zero-order valence-corrected chi connectivity index (χ0v) is 21.0. The largest absolute Gasteiger partial charge is 0.497 e. The molecule has 0 unspecified atom stereocenters. The van der Waals surface area contributed by atoms with Gasteiger partial charge < -0.3 is 39.4 Å². The van der Waals surface area contributed by atoms with Gasteiger partial charge >= 0.3 is 5.97 Å². The molecule has 1 saturated heterocycles. The summed E-state index contributed by atoms with van der Waals surface area (Å²) < 4.78 is 23.5. The SMILES string of the molecule is COc1ccc(OC)c([C@@H]2O[C@H](COCc3cn([C@@H](Cc4ccccc4)C(=O)O)nn3)[C@@H](O)[C@H](O)[C@H]2O)c1. The van der Waals surface area contributed by atoms with Crippen molar-refractivity contribution in [2.75, 3.05) is 20.8 Å². The van der Waals surface area contributed by atoms with Crippen molar-refractivity contribution >= 4 is 5.97 Å². The summed E-state index contributed by atoms with van der Waals surface area (Å²) in [5, 5.41) is 49.3. The zero-order chi connectivity index (χ0) is 27.2. The molecule has 4 rings (SSSR count). The van der Waals surface area contributed by atoms with E-state index in [1.54, 1.807) is 18.2 Å². The number of rotatable bonds is 11. The highest BCUT2D eigenvalue weighted by molar-refractivity contribution is 5.72. The molecule has 6 atom stereocenters. The first kappa shape index (κ1) is 27.5. The van der Waals surface area contributed by atoms with Gasteiger partial charge in [0, 0.05) is 12.0 Å². The fourth-order valence-electron chi connectivity index (χ4n) is 4.35. The number of hydrogen-bond acceptors (Lipinski definition) is 10. The normalized spacial score (nSPS) is 24.1. The van der Waals surface area contributed by atoms with Gasteiger partial charge in [-0.1, -0.05) is 35.5 Å². The smallest absolute Gasteiger partial charge is 0.328 e. The lowest BCUT2D eigenvalue weighted by Crippen LogP contribution is -2.55. The standard InChI is InChI=1S/C26H31N3O9/c1-35-17-8-9-20(36-2)18(11-17)25-24(32)23(31)22(30)21(38-25)14-37-13-16-12-29(28-27-16)19(26(33)34)10-15-6-4-3-5-7-15/h3-9,11-12,19,21-25,30-32H,10,13-14H2,1-2H3,(H,33,34)/t19-,21+,22+,23-,24+,25-/m0/s1. The fourth-order valence-corrected chi connectivity index (χ4v) is 4.35. The first-order valence-corrected chi connectivity index (χ1v) is 12.0. The summed E-state index contributed by atoms with van der Waals surface area (Å²) in [6.45, 7) is -0.191. The molecule has 12 heteroatoms. The molecule has 1 aliphatic heterocycles. The Morgan fingerprint density at radius 3 is 2.50 bits per heavy atom. The van der Waals surface area contributed by atoms with Crippen molar-refractivity contribution in [3.63, 3.8) is 0 Å². The van der Waals surface area contributed by atoms with Crippen molar-refractivity contribution in [2.45, 2.75) is 49.6 Å². The number of methoxy groups -OCH3 is 2. The molecule has 1 fully saturated rings. The summed E-state index contributed by atoms with van der Waals surface area (Å²) in [5.74, 6) is -0.130. The van der Waals surface area contributed by atoms with Gasteiger partial charge in [-0.25, -0.2) is 9.48 Å². The molecule has 0 aliphatic carbocycles. The van der Waals surface area contributed by atoms with E-state index in [-0.39, 0.29) is 19.6 Å². The third-order valence-corrected chi connectivity index (χ3v) is 6.42. The molecule has 0 radical (unpaired) electrons. The Hall–Kier alpha value is -3.55. The minimum Gasteiger partial charge on any atom is -0.497 e. The van der Waals surface area contributed by atoms with Crippen LogP contribution < -0.4 is 9.47 Å². The van der Waals surface area contributed by atoms with Crippen LogP contribution in [0.3, 0.4) is 0 Å². The lowest BCUT2D eigenvalue weighted by atomic mass is 9.90. The quantitative estimate of drug-likeness (QED) is 0.279. The van der Waals surface area contributed by atoms with Crippen LogP contribution in [0.25, 0.3) is 0 Å². The number of nitrogens with zero attached hydrogens (tertiary/aromatic N) is 3. The molecular formula is C26H31N3O9. The van der Waals surface area contributed by atoms with E-state index in [1.165, 1.54) is 25.1 Å². The lowest BCUT2D eigenvalue weighted by Gasteiger charge is -2.41. The summed E-state index contributed by atoms with van der Waals surface area (Å²) in [4.78, 5) is 11.8. The predicted molar refractivity (Wildman–Crippen MR) is 132 cm³/mol. The molecule has 1 aromatic heterocycles. The number of benzene rings is 2. The van der Waals surface area contributed by atoms with Crippen LogP contribution in [0.15, 0.2) is 54.7 Å². The number of aliphatic carboxylic acids is 1. The number of carboxylic acids is 1. The molecule has 12 nitrogen and oxygen atoms in total. The summed E-state index contributed by atoms with van der Waals surface area (Å²) in [6, 6.07) is 13.2. The van der Waals surface area contributed by atoms with E-state index in [9.17, 15) is 25.2 Å². The summed E-state index contributed by atoms with van der Waals surface area (Å²) in [5.41, 5.74) is 1.66. The number of aromatic nitrogens is 3. The Morgan fingerprint density at radius 2 is 1.82 bits per heavy atom. The number of carboxylic acid groups (broad SMARTS) is 1. The highest BCUT2D eigenvalue weighted by atomic mass is 16.6. The summed E-state index contributed by atoms with van der Waals surface area (Å²) >= 11 is 0. The van der Waals surface area contributed by atoms with Gasteiger partial charge in [0.05, 0.1) is 33.6 Å². The lowest BCUT2D eigenvalue weighted by molar-refractivity contribution is -0.236. The number of aliphatic hydroxyl groups excluding tert-OH is 3. The number of aliphatic hydroxyl groups is 3.